The van der Waals surface area contributed by atoms with Crippen molar-refractivity contribution < 1.29 is 4.39 Å². The number of nitrogens with zero attached hydrogens (tertiary/aromatic N) is 2. The number of halogens is 3. The molecule has 0 N–H and O–H groups in total. The summed E-state index contributed by atoms with van der Waals surface area (Å²) in [6.45, 7) is 1.82. The Morgan fingerprint density at radius 2 is 2.35 bits per heavy atom. The van der Waals surface area contributed by atoms with E-state index in [0.717, 1.165) is 31.3 Å². The molecule has 0 bridgehead atoms. The van der Waals surface area contributed by atoms with Crippen LogP contribution in [0.15, 0.2) is 16.7 Å². The Morgan fingerprint density at radius 1 is 1.53 bits per heavy atom. The van der Waals surface area contributed by atoms with Crippen molar-refractivity contribution in [1.29, 1.82) is 0 Å². The molecule has 2 rings (SSSR count). The Labute approximate surface area is 118 Å². The lowest BCUT2D eigenvalue weighted by Crippen LogP contribution is -2.36. The third kappa shape index (κ3) is 3.41. The molecule has 1 aliphatic heterocycles. The van der Waals surface area contributed by atoms with Crippen molar-refractivity contribution in [2.45, 2.75) is 19.3 Å². The summed E-state index contributed by atoms with van der Waals surface area (Å²) in [4.78, 5) is 6.26. The van der Waals surface area contributed by atoms with Crippen LogP contribution in [0.1, 0.15) is 19.3 Å². The first kappa shape index (κ1) is 13.3. The van der Waals surface area contributed by atoms with Crippen LogP contribution in [0.3, 0.4) is 0 Å². The molecule has 0 amide bonds. The van der Waals surface area contributed by atoms with Crippen molar-refractivity contribution in [3.8, 4) is 0 Å². The Kier molecular flexibility index (Phi) is 4.79. The topological polar surface area (TPSA) is 16.1 Å². The van der Waals surface area contributed by atoms with E-state index in [2.05, 4.69) is 41.7 Å². The lowest BCUT2D eigenvalue weighted by Gasteiger charge is -2.33. The highest BCUT2D eigenvalue weighted by Crippen LogP contribution is 2.27. The molecule has 1 fully saturated rings. The Hall–Kier alpha value is -0.160. The molecule has 0 aromatic carbocycles. The van der Waals surface area contributed by atoms with E-state index in [1.54, 1.807) is 6.20 Å². The first-order chi connectivity index (χ1) is 8.20. The Morgan fingerprint density at radius 3 is 3.06 bits per heavy atom. The summed E-state index contributed by atoms with van der Waals surface area (Å²) in [6.07, 6.45) is 5.16. The number of rotatable bonds is 3. The minimum absolute atomic E-state index is 0.237. The van der Waals surface area contributed by atoms with Crippen LogP contribution in [0.4, 0.5) is 10.2 Å². The van der Waals surface area contributed by atoms with E-state index in [1.807, 2.05) is 0 Å². The van der Waals surface area contributed by atoms with Crippen LogP contribution in [-0.2, 0) is 0 Å². The molecule has 0 saturated carbocycles. The summed E-state index contributed by atoms with van der Waals surface area (Å²) in [7, 11) is 0. The van der Waals surface area contributed by atoms with Gasteiger partial charge in [-0.1, -0.05) is 15.9 Å². The average Bonchev–Trinajstić information content (AvgIpc) is 2.29. The quantitative estimate of drug-likeness (QED) is 0.753. The van der Waals surface area contributed by atoms with E-state index in [9.17, 15) is 4.39 Å². The lowest BCUT2D eigenvalue weighted by atomic mass is 9.96. The Bertz CT molecular complexity index is 385. The van der Waals surface area contributed by atoms with Gasteiger partial charge in [-0.25, -0.2) is 9.37 Å². The third-order valence-corrected chi connectivity index (χ3v) is 4.02. The van der Waals surface area contributed by atoms with Gasteiger partial charge in [0, 0.05) is 29.1 Å². The first-order valence-corrected chi connectivity index (χ1v) is 7.74. The predicted octanol–water partition coefficient (Wildman–Crippen LogP) is 3.98. The van der Waals surface area contributed by atoms with Crippen molar-refractivity contribution in [2.75, 3.05) is 23.3 Å². The molecular weight excluding hydrogens is 351 g/mol. The summed E-state index contributed by atoms with van der Waals surface area (Å²) >= 11 is 6.70. The van der Waals surface area contributed by atoms with Crippen molar-refractivity contribution in [3.05, 3.63) is 22.6 Å². The molecule has 5 heteroatoms. The van der Waals surface area contributed by atoms with Crippen LogP contribution in [0.2, 0.25) is 0 Å². The van der Waals surface area contributed by atoms with Gasteiger partial charge < -0.3 is 4.90 Å². The molecule has 2 nitrogen and oxygen atoms in total. The molecular formula is C12H15Br2FN2. The fraction of sp³-hybridized carbons (Fsp3) is 0.583. The van der Waals surface area contributed by atoms with Gasteiger partial charge in [0.25, 0.3) is 0 Å². The molecule has 0 spiro atoms. The normalized spacial score (nSPS) is 20.6. The highest BCUT2D eigenvalue weighted by atomic mass is 79.9. The van der Waals surface area contributed by atoms with Gasteiger partial charge in [-0.15, -0.1) is 0 Å². The van der Waals surface area contributed by atoms with Gasteiger partial charge in [-0.3, -0.25) is 0 Å². The van der Waals surface area contributed by atoms with E-state index in [-0.39, 0.29) is 5.82 Å². The maximum Gasteiger partial charge on any atom is 0.166 e. The summed E-state index contributed by atoms with van der Waals surface area (Å²) in [5, 5.41) is 1.02. The fourth-order valence-electron chi connectivity index (χ4n) is 2.29. The summed E-state index contributed by atoms with van der Waals surface area (Å²) in [5.74, 6) is 0.902. The van der Waals surface area contributed by atoms with Crippen LogP contribution in [0, 0.1) is 11.7 Å². The van der Waals surface area contributed by atoms with Gasteiger partial charge in [0.1, 0.15) is 0 Å². The van der Waals surface area contributed by atoms with E-state index in [4.69, 9.17) is 0 Å². The van der Waals surface area contributed by atoms with Crippen molar-refractivity contribution >= 4 is 37.7 Å². The molecule has 17 heavy (non-hydrogen) atoms. The number of aromatic nitrogens is 1. The first-order valence-electron chi connectivity index (χ1n) is 5.82. The van der Waals surface area contributed by atoms with Gasteiger partial charge in [-0.05, 0) is 47.2 Å². The van der Waals surface area contributed by atoms with E-state index in [1.165, 1.54) is 12.5 Å². The summed E-state index contributed by atoms with van der Waals surface area (Å²) in [5.41, 5.74) is 0. The number of hydrogen-bond acceptors (Lipinski definition) is 2. The zero-order valence-corrected chi connectivity index (χ0v) is 12.7. The van der Waals surface area contributed by atoms with Gasteiger partial charge in [0.15, 0.2) is 11.6 Å². The zero-order chi connectivity index (χ0) is 12.3. The SMILES string of the molecule is Fc1cc(Br)cnc1N1CCCC(CCBr)C1. The third-order valence-electron chi connectivity index (χ3n) is 3.12. The maximum atomic E-state index is 13.8. The van der Waals surface area contributed by atoms with Crippen LogP contribution in [0.5, 0.6) is 0 Å². The van der Waals surface area contributed by atoms with Gasteiger partial charge in [0.2, 0.25) is 0 Å². The fourth-order valence-corrected chi connectivity index (χ4v) is 3.24. The molecule has 1 saturated heterocycles. The second kappa shape index (κ2) is 6.14. The monoisotopic (exact) mass is 364 g/mol. The van der Waals surface area contributed by atoms with E-state index in [0.29, 0.717) is 16.2 Å². The molecule has 1 aromatic heterocycles. The van der Waals surface area contributed by atoms with Crippen LogP contribution < -0.4 is 4.90 Å². The summed E-state index contributed by atoms with van der Waals surface area (Å²) < 4.78 is 14.5. The molecule has 94 valence electrons. The molecule has 1 aromatic rings. The number of pyridine rings is 1. The van der Waals surface area contributed by atoms with Gasteiger partial charge >= 0.3 is 0 Å². The highest BCUT2D eigenvalue weighted by Gasteiger charge is 2.22. The van der Waals surface area contributed by atoms with Crippen LogP contribution >= 0.6 is 31.9 Å². The zero-order valence-electron chi connectivity index (χ0n) is 9.50. The second-order valence-corrected chi connectivity index (χ2v) is 6.10. The number of hydrogen-bond donors (Lipinski definition) is 0. The highest BCUT2D eigenvalue weighted by molar-refractivity contribution is 9.10. The van der Waals surface area contributed by atoms with Crippen molar-refractivity contribution in [2.24, 2.45) is 5.92 Å². The number of piperidine rings is 1. The summed E-state index contributed by atoms with van der Waals surface area (Å²) in [6, 6.07) is 1.48. The predicted molar refractivity (Wildman–Crippen MR) is 75.2 cm³/mol. The van der Waals surface area contributed by atoms with Gasteiger partial charge in [-0.2, -0.15) is 0 Å². The minimum Gasteiger partial charge on any atom is -0.354 e. The molecule has 1 unspecified atom stereocenters. The maximum absolute atomic E-state index is 13.8. The smallest absolute Gasteiger partial charge is 0.166 e. The van der Waals surface area contributed by atoms with Crippen molar-refractivity contribution in [3.63, 3.8) is 0 Å². The average molecular weight is 366 g/mol. The molecule has 0 radical (unpaired) electrons. The van der Waals surface area contributed by atoms with Gasteiger partial charge in [0.05, 0.1) is 0 Å². The lowest BCUT2D eigenvalue weighted by molar-refractivity contribution is 0.402. The minimum atomic E-state index is -0.237. The number of anilines is 1. The molecule has 1 atom stereocenters. The standard InChI is InChI=1S/C12H15Br2FN2/c13-4-3-9-2-1-5-17(8-9)12-11(15)6-10(14)7-16-12/h6-7,9H,1-5,8H2. The van der Waals surface area contributed by atoms with E-state index < -0.39 is 0 Å². The molecule has 2 heterocycles. The second-order valence-electron chi connectivity index (χ2n) is 4.39. The van der Waals surface area contributed by atoms with Crippen molar-refractivity contribution in [1.82, 2.24) is 4.98 Å². The van der Waals surface area contributed by atoms with Crippen LogP contribution in [-0.4, -0.2) is 23.4 Å². The Balaban J connectivity index is 2.10. The largest absolute Gasteiger partial charge is 0.354 e. The molecule has 1 aliphatic rings. The van der Waals surface area contributed by atoms with E-state index >= 15 is 0 Å². The number of alkyl halides is 1. The molecule has 0 aliphatic carbocycles. The van der Waals surface area contributed by atoms with Crippen LogP contribution in [0.25, 0.3) is 0 Å².